The van der Waals surface area contributed by atoms with Crippen LogP contribution in [-0.4, -0.2) is 48.9 Å². The molecule has 9 heteroatoms. The minimum atomic E-state index is -5.18. The van der Waals surface area contributed by atoms with Gasteiger partial charge in [-0.3, -0.25) is 4.79 Å². The van der Waals surface area contributed by atoms with Crippen LogP contribution in [0.2, 0.25) is 0 Å². The smallest absolute Gasteiger partial charge is 0.493 e. The van der Waals surface area contributed by atoms with Gasteiger partial charge in [-0.15, -0.1) is 0 Å². The largest absolute Gasteiger partial charge is 0.494 e. The van der Waals surface area contributed by atoms with Crippen molar-refractivity contribution in [2.24, 2.45) is 0 Å². The zero-order valence-electron chi connectivity index (χ0n) is 13.6. The van der Waals surface area contributed by atoms with Gasteiger partial charge in [-0.25, -0.2) is 4.79 Å². The van der Waals surface area contributed by atoms with E-state index < -0.39 is 24.1 Å². The molecule has 1 aromatic carbocycles. The summed E-state index contributed by atoms with van der Waals surface area (Å²) >= 11 is 0. The van der Waals surface area contributed by atoms with Crippen molar-refractivity contribution in [2.45, 2.75) is 32.0 Å². The summed E-state index contributed by atoms with van der Waals surface area (Å²) in [6.07, 6.45) is -4.10. The highest BCUT2D eigenvalue weighted by Crippen LogP contribution is 2.22. The molecular weight excluding hydrogens is 341 g/mol. The minimum Gasteiger partial charge on any atom is -0.494 e. The Kier molecular flexibility index (Phi) is 6.24. The number of halogens is 3. The van der Waals surface area contributed by atoms with E-state index in [9.17, 15) is 22.8 Å². The fourth-order valence-corrected chi connectivity index (χ4v) is 2.44. The third-order valence-electron chi connectivity index (χ3n) is 3.63. The van der Waals surface area contributed by atoms with Crippen LogP contribution in [0, 0.1) is 0 Å². The average Bonchev–Trinajstić information content (AvgIpc) is 2.60. The number of ether oxygens (including phenoxy) is 1. The number of nitrogens with one attached hydrogen (secondary N) is 1. The molecule has 138 valence electrons. The molecular formula is C16H19F3N2O4. The summed E-state index contributed by atoms with van der Waals surface area (Å²) in [6, 6.07) is 5.22. The third-order valence-corrected chi connectivity index (χ3v) is 3.63. The number of amides is 1. The Balaban J connectivity index is 2.20. The predicted molar refractivity (Wildman–Crippen MR) is 81.8 cm³/mol. The molecule has 1 fully saturated rings. The molecule has 0 radical (unpaired) electrons. The molecule has 1 atom stereocenters. The van der Waals surface area contributed by atoms with E-state index in [-0.39, 0.29) is 12.1 Å². The summed E-state index contributed by atoms with van der Waals surface area (Å²) in [7, 11) is 0. The molecule has 6 nitrogen and oxygen atoms in total. The highest BCUT2D eigenvalue weighted by atomic mass is 19.4. The van der Waals surface area contributed by atoms with Crippen molar-refractivity contribution < 1.29 is 32.3 Å². The van der Waals surface area contributed by atoms with Gasteiger partial charge in [0.2, 0.25) is 0 Å². The van der Waals surface area contributed by atoms with E-state index in [1.54, 1.807) is 6.92 Å². The van der Waals surface area contributed by atoms with Crippen molar-refractivity contribution in [3.8, 4) is 5.75 Å². The van der Waals surface area contributed by atoms with E-state index in [1.165, 1.54) is 24.3 Å². The van der Waals surface area contributed by atoms with Gasteiger partial charge >= 0.3 is 12.1 Å². The highest BCUT2D eigenvalue weighted by Gasteiger charge is 2.44. The van der Waals surface area contributed by atoms with E-state index in [2.05, 4.69) is 10.2 Å². The Bertz CT molecular complexity index is 598. The molecule has 1 amide bonds. The quantitative estimate of drug-likeness (QED) is 0.835. The molecule has 1 heterocycles. The van der Waals surface area contributed by atoms with Gasteiger partial charge in [0.15, 0.2) is 0 Å². The maximum absolute atomic E-state index is 12.6. The third kappa shape index (κ3) is 5.09. The van der Waals surface area contributed by atoms with E-state index >= 15 is 0 Å². The molecule has 1 aromatic rings. The number of rotatable bonds is 4. The molecule has 25 heavy (non-hydrogen) atoms. The monoisotopic (exact) mass is 360 g/mol. The number of hydroxylamine groups is 2. The zero-order chi connectivity index (χ0) is 18.4. The maximum Gasteiger partial charge on any atom is 0.493 e. The molecule has 0 aliphatic carbocycles. The van der Waals surface area contributed by atoms with Crippen molar-refractivity contribution in [1.82, 2.24) is 10.4 Å². The standard InChI is InChI=1S/C16H19F3N2O4/c1-2-24-13-7-5-11(6-8-13)14(22)21(12-4-3-9-20-10-12)25-15(23)16(17,18)19/h5-8,12,20H,2-4,9-10H2,1H3. The number of alkyl halides is 3. The molecule has 1 aliphatic rings. The minimum absolute atomic E-state index is 0.101. The van der Waals surface area contributed by atoms with Gasteiger partial charge in [0.25, 0.3) is 5.91 Å². The molecule has 1 unspecified atom stereocenters. The van der Waals surface area contributed by atoms with Crippen LogP contribution in [0.4, 0.5) is 13.2 Å². The number of hydrogen-bond donors (Lipinski definition) is 1. The van der Waals surface area contributed by atoms with Crippen LogP contribution >= 0.6 is 0 Å². The lowest BCUT2D eigenvalue weighted by Gasteiger charge is -2.32. The van der Waals surface area contributed by atoms with Crippen LogP contribution < -0.4 is 10.1 Å². The number of piperidine rings is 1. The number of nitrogens with zero attached hydrogens (tertiary/aromatic N) is 1. The van der Waals surface area contributed by atoms with Crippen LogP contribution in [0.5, 0.6) is 5.75 Å². The first-order valence-electron chi connectivity index (χ1n) is 7.89. The van der Waals surface area contributed by atoms with E-state index in [1.807, 2.05) is 0 Å². The molecule has 1 saturated heterocycles. The molecule has 0 spiro atoms. The van der Waals surface area contributed by atoms with Crippen LogP contribution in [0.1, 0.15) is 30.1 Å². The van der Waals surface area contributed by atoms with Crippen molar-refractivity contribution in [2.75, 3.05) is 19.7 Å². The van der Waals surface area contributed by atoms with Gasteiger partial charge in [-0.1, -0.05) is 0 Å². The fourth-order valence-electron chi connectivity index (χ4n) is 2.44. The van der Waals surface area contributed by atoms with Crippen LogP contribution in [0.25, 0.3) is 0 Å². The second-order valence-electron chi connectivity index (χ2n) is 5.47. The van der Waals surface area contributed by atoms with Gasteiger partial charge in [0.05, 0.1) is 12.6 Å². The summed E-state index contributed by atoms with van der Waals surface area (Å²) in [5, 5.41) is 3.50. The Morgan fingerprint density at radius 1 is 1.28 bits per heavy atom. The van der Waals surface area contributed by atoms with E-state index in [4.69, 9.17) is 4.74 Å². The number of hydrogen-bond acceptors (Lipinski definition) is 5. The predicted octanol–water partition coefficient (Wildman–Crippen LogP) is 2.30. The topological polar surface area (TPSA) is 67.9 Å². The van der Waals surface area contributed by atoms with Crippen LogP contribution in [0.3, 0.4) is 0 Å². The van der Waals surface area contributed by atoms with Crippen molar-refractivity contribution >= 4 is 11.9 Å². The number of benzene rings is 1. The lowest BCUT2D eigenvalue weighted by atomic mass is 10.1. The van der Waals surface area contributed by atoms with Crippen molar-refractivity contribution in [3.63, 3.8) is 0 Å². The fraction of sp³-hybridized carbons (Fsp3) is 0.500. The van der Waals surface area contributed by atoms with E-state index in [0.29, 0.717) is 36.8 Å². The highest BCUT2D eigenvalue weighted by molar-refractivity contribution is 5.94. The van der Waals surface area contributed by atoms with Gasteiger partial charge in [0, 0.05) is 12.1 Å². The van der Waals surface area contributed by atoms with Crippen molar-refractivity contribution in [1.29, 1.82) is 0 Å². The Morgan fingerprint density at radius 2 is 1.96 bits per heavy atom. The maximum atomic E-state index is 12.6. The Labute approximate surface area is 142 Å². The van der Waals surface area contributed by atoms with Crippen LogP contribution in [-0.2, 0) is 9.63 Å². The summed E-state index contributed by atoms with van der Waals surface area (Å²) in [6.45, 7) is 3.17. The Morgan fingerprint density at radius 3 is 2.48 bits per heavy atom. The first-order chi connectivity index (χ1) is 11.8. The van der Waals surface area contributed by atoms with Crippen molar-refractivity contribution in [3.05, 3.63) is 29.8 Å². The molecule has 2 rings (SSSR count). The summed E-state index contributed by atoms with van der Waals surface area (Å²) in [5.74, 6) is -2.70. The van der Waals surface area contributed by atoms with Gasteiger partial charge in [0.1, 0.15) is 5.75 Å². The number of carbonyl (C=O) groups excluding carboxylic acids is 2. The molecule has 0 aromatic heterocycles. The molecule has 0 saturated carbocycles. The first-order valence-corrected chi connectivity index (χ1v) is 7.89. The van der Waals surface area contributed by atoms with E-state index in [0.717, 1.165) is 0 Å². The first kappa shape index (κ1) is 19.0. The van der Waals surface area contributed by atoms with Crippen LogP contribution in [0.15, 0.2) is 24.3 Å². The average molecular weight is 360 g/mol. The normalized spacial score (nSPS) is 17.7. The lowest BCUT2D eigenvalue weighted by Crippen LogP contribution is -2.50. The summed E-state index contributed by atoms with van der Waals surface area (Å²) in [5.41, 5.74) is 0.101. The molecule has 0 bridgehead atoms. The molecule has 1 aliphatic heterocycles. The SMILES string of the molecule is CCOc1ccc(C(=O)N(OC(=O)C(F)(F)F)C2CCCNC2)cc1. The second kappa shape index (κ2) is 8.19. The van der Waals surface area contributed by atoms with Gasteiger partial charge in [-0.05, 0) is 50.6 Å². The molecule has 1 N–H and O–H groups in total. The Hall–Kier alpha value is -2.29. The lowest BCUT2D eigenvalue weighted by molar-refractivity contribution is -0.234. The summed E-state index contributed by atoms with van der Waals surface area (Å²) in [4.78, 5) is 28.2. The second-order valence-corrected chi connectivity index (χ2v) is 5.47. The zero-order valence-corrected chi connectivity index (χ0v) is 13.6. The van der Waals surface area contributed by atoms with Gasteiger partial charge in [-0.2, -0.15) is 18.2 Å². The van der Waals surface area contributed by atoms with Gasteiger partial charge < -0.3 is 14.9 Å². The summed E-state index contributed by atoms with van der Waals surface area (Å²) < 4.78 is 42.9. The number of carbonyl (C=O) groups is 2.